The minimum absolute atomic E-state index is 0.00550. The molecule has 4 heterocycles. The van der Waals surface area contributed by atoms with E-state index >= 15 is 0 Å². The third kappa shape index (κ3) is 2.65. The van der Waals surface area contributed by atoms with Crippen molar-refractivity contribution >= 4 is 5.91 Å². The molecule has 1 fully saturated rings. The van der Waals surface area contributed by atoms with Gasteiger partial charge in [-0.2, -0.15) is 0 Å². The summed E-state index contributed by atoms with van der Waals surface area (Å²) >= 11 is 0. The molecule has 150 valence electrons. The molecular formula is C23H18FN3O3. The fourth-order valence-electron chi connectivity index (χ4n) is 4.70. The number of carbonyl (C=O) groups excluding carboxylic acids is 1. The van der Waals surface area contributed by atoms with Crippen LogP contribution >= 0.6 is 0 Å². The molecule has 0 aliphatic carbocycles. The van der Waals surface area contributed by atoms with Crippen LogP contribution in [0.1, 0.15) is 40.5 Å². The maximum absolute atomic E-state index is 13.3. The van der Waals surface area contributed by atoms with Gasteiger partial charge in [-0.25, -0.2) is 14.4 Å². The highest BCUT2D eigenvalue weighted by atomic mass is 19.1. The van der Waals surface area contributed by atoms with Crippen LogP contribution in [-0.4, -0.2) is 33.6 Å². The van der Waals surface area contributed by atoms with Gasteiger partial charge in [0.25, 0.3) is 5.91 Å². The van der Waals surface area contributed by atoms with Gasteiger partial charge in [-0.05, 0) is 55.3 Å². The second kappa shape index (κ2) is 6.52. The van der Waals surface area contributed by atoms with Crippen LogP contribution in [0.25, 0.3) is 11.4 Å². The van der Waals surface area contributed by atoms with Gasteiger partial charge < -0.3 is 14.4 Å². The molecule has 3 aliphatic heterocycles. The van der Waals surface area contributed by atoms with Crippen LogP contribution in [0.15, 0.2) is 48.7 Å². The Bertz CT molecular complexity index is 1160. The average molecular weight is 403 g/mol. The third-order valence-electron chi connectivity index (χ3n) is 6.15. The Morgan fingerprint density at radius 1 is 1.07 bits per heavy atom. The Kier molecular flexibility index (Phi) is 3.78. The van der Waals surface area contributed by atoms with E-state index in [0.29, 0.717) is 29.3 Å². The maximum atomic E-state index is 13.3. The van der Waals surface area contributed by atoms with Gasteiger partial charge in [-0.15, -0.1) is 0 Å². The number of rotatable bonds is 2. The molecule has 1 aromatic heterocycles. The summed E-state index contributed by atoms with van der Waals surface area (Å²) in [6, 6.07) is 11.6. The lowest BCUT2D eigenvalue weighted by Crippen LogP contribution is -2.42. The number of amides is 1. The molecule has 6 nitrogen and oxygen atoms in total. The molecule has 0 spiro atoms. The van der Waals surface area contributed by atoms with E-state index in [9.17, 15) is 9.18 Å². The Hall–Kier alpha value is -3.48. The minimum Gasteiger partial charge on any atom is -0.454 e. The predicted molar refractivity (Wildman–Crippen MR) is 106 cm³/mol. The van der Waals surface area contributed by atoms with Gasteiger partial charge >= 0.3 is 0 Å². The molecule has 3 aliphatic rings. The lowest BCUT2D eigenvalue weighted by atomic mass is 9.97. The topological polar surface area (TPSA) is 64.6 Å². The fraction of sp³-hybridized carbons (Fsp3) is 0.261. The van der Waals surface area contributed by atoms with Crippen molar-refractivity contribution in [1.29, 1.82) is 0 Å². The summed E-state index contributed by atoms with van der Waals surface area (Å²) in [7, 11) is 0. The molecule has 0 unspecified atom stereocenters. The zero-order chi connectivity index (χ0) is 20.2. The number of aromatic nitrogens is 2. The Balaban J connectivity index is 1.32. The maximum Gasteiger partial charge on any atom is 0.254 e. The van der Waals surface area contributed by atoms with Crippen LogP contribution in [0, 0.1) is 5.82 Å². The number of carbonyl (C=O) groups is 1. The van der Waals surface area contributed by atoms with E-state index in [2.05, 4.69) is 4.98 Å². The van der Waals surface area contributed by atoms with Gasteiger partial charge in [0, 0.05) is 35.3 Å². The summed E-state index contributed by atoms with van der Waals surface area (Å²) in [5.74, 6) is 1.57. The van der Waals surface area contributed by atoms with E-state index in [-0.39, 0.29) is 30.6 Å². The van der Waals surface area contributed by atoms with E-state index in [4.69, 9.17) is 14.5 Å². The van der Waals surface area contributed by atoms with Crippen molar-refractivity contribution in [3.05, 3.63) is 71.3 Å². The van der Waals surface area contributed by atoms with Crippen LogP contribution in [0.2, 0.25) is 0 Å². The Labute approximate surface area is 172 Å². The molecule has 0 radical (unpaired) electrons. The minimum atomic E-state index is -0.285. The molecule has 2 bridgehead atoms. The van der Waals surface area contributed by atoms with Gasteiger partial charge in [-0.1, -0.05) is 0 Å². The second-order valence-electron chi connectivity index (χ2n) is 7.83. The van der Waals surface area contributed by atoms with Crippen LogP contribution in [0.5, 0.6) is 11.5 Å². The molecule has 30 heavy (non-hydrogen) atoms. The van der Waals surface area contributed by atoms with Crippen LogP contribution in [0.3, 0.4) is 0 Å². The lowest BCUT2D eigenvalue weighted by molar-refractivity contribution is 0.0643. The molecule has 1 amide bonds. The number of benzene rings is 2. The first-order valence-corrected chi connectivity index (χ1v) is 10.0. The quantitative estimate of drug-likeness (QED) is 0.649. The molecule has 3 aromatic rings. The van der Waals surface area contributed by atoms with Crippen LogP contribution < -0.4 is 9.47 Å². The summed E-state index contributed by atoms with van der Waals surface area (Å²) < 4.78 is 24.0. The molecule has 7 heteroatoms. The fourth-order valence-corrected chi connectivity index (χ4v) is 4.70. The standard InChI is InChI=1S/C23H18FN3O3/c24-15-4-1-13(2-5-15)22-25-11-17-18(26-22)10-16-6-7-19(17)27(16)23(28)14-3-8-20-21(9-14)30-12-29-20/h1-5,8-9,11,16,19H,6-7,10,12H2/t16-,19+/m0/s1. The first kappa shape index (κ1) is 17.4. The number of hydrogen-bond acceptors (Lipinski definition) is 5. The second-order valence-corrected chi connectivity index (χ2v) is 7.83. The van der Waals surface area contributed by atoms with E-state index in [0.717, 1.165) is 29.7 Å². The van der Waals surface area contributed by atoms with E-state index < -0.39 is 0 Å². The number of halogens is 1. The first-order valence-electron chi connectivity index (χ1n) is 10.0. The van der Waals surface area contributed by atoms with E-state index in [1.54, 1.807) is 30.3 Å². The summed E-state index contributed by atoms with van der Waals surface area (Å²) in [4.78, 5) is 24.6. The summed E-state index contributed by atoms with van der Waals surface area (Å²) in [6.07, 6.45) is 4.35. The van der Waals surface area contributed by atoms with Crippen molar-refractivity contribution in [2.45, 2.75) is 31.3 Å². The first-order chi connectivity index (χ1) is 14.7. The smallest absolute Gasteiger partial charge is 0.254 e. The zero-order valence-corrected chi connectivity index (χ0v) is 16.0. The third-order valence-corrected chi connectivity index (χ3v) is 6.15. The van der Waals surface area contributed by atoms with Gasteiger partial charge in [-0.3, -0.25) is 4.79 Å². The van der Waals surface area contributed by atoms with Crippen LogP contribution in [0.4, 0.5) is 4.39 Å². The van der Waals surface area contributed by atoms with Gasteiger partial charge in [0.2, 0.25) is 6.79 Å². The molecular weight excluding hydrogens is 385 g/mol. The summed E-state index contributed by atoms with van der Waals surface area (Å²) in [5.41, 5.74) is 3.36. The monoisotopic (exact) mass is 403 g/mol. The largest absolute Gasteiger partial charge is 0.454 e. The van der Waals surface area contributed by atoms with Crippen molar-refractivity contribution in [3.63, 3.8) is 0 Å². The van der Waals surface area contributed by atoms with E-state index in [1.165, 1.54) is 12.1 Å². The predicted octanol–water partition coefficient (Wildman–Crippen LogP) is 3.91. The lowest BCUT2D eigenvalue weighted by Gasteiger charge is -2.35. The number of fused-ring (bicyclic) bond motifs is 5. The zero-order valence-electron chi connectivity index (χ0n) is 16.0. The van der Waals surface area contributed by atoms with Crippen molar-refractivity contribution in [2.24, 2.45) is 0 Å². The SMILES string of the molecule is O=C(c1ccc2c(c1)OCO2)N1[C@H]2CC[C@@H]1c1cnc(-c3ccc(F)cc3)nc1C2. The van der Waals surface area contributed by atoms with Gasteiger partial charge in [0.1, 0.15) is 5.82 Å². The van der Waals surface area contributed by atoms with Crippen molar-refractivity contribution in [2.75, 3.05) is 6.79 Å². The average Bonchev–Trinajstić information content (AvgIpc) is 3.36. The van der Waals surface area contributed by atoms with Crippen LogP contribution in [-0.2, 0) is 6.42 Å². The van der Waals surface area contributed by atoms with E-state index in [1.807, 2.05) is 11.1 Å². The highest BCUT2D eigenvalue weighted by Crippen LogP contribution is 2.44. The molecule has 0 saturated carbocycles. The highest BCUT2D eigenvalue weighted by molar-refractivity contribution is 5.96. The Morgan fingerprint density at radius 3 is 2.77 bits per heavy atom. The summed E-state index contributed by atoms with van der Waals surface area (Å²) in [6.45, 7) is 0.184. The normalized spacial score (nSPS) is 20.9. The van der Waals surface area contributed by atoms with Crippen molar-refractivity contribution < 1.29 is 18.7 Å². The highest BCUT2D eigenvalue weighted by Gasteiger charge is 2.44. The van der Waals surface area contributed by atoms with Gasteiger partial charge in [0.15, 0.2) is 17.3 Å². The summed E-state index contributed by atoms with van der Waals surface area (Å²) in [5, 5.41) is 0. The molecule has 0 N–H and O–H groups in total. The molecule has 6 rings (SSSR count). The molecule has 1 saturated heterocycles. The number of hydrogen-bond donors (Lipinski definition) is 0. The van der Waals surface area contributed by atoms with Crippen molar-refractivity contribution in [1.82, 2.24) is 14.9 Å². The van der Waals surface area contributed by atoms with Gasteiger partial charge in [0.05, 0.1) is 11.7 Å². The number of nitrogens with zero attached hydrogens (tertiary/aromatic N) is 3. The number of ether oxygens (including phenoxy) is 2. The Morgan fingerprint density at radius 2 is 1.90 bits per heavy atom. The van der Waals surface area contributed by atoms with Crippen molar-refractivity contribution in [3.8, 4) is 22.9 Å². The molecule has 2 atom stereocenters. The molecule has 2 aromatic carbocycles.